The summed E-state index contributed by atoms with van der Waals surface area (Å²) in [5.41, 5.74) is 6.42. The normalized spacial score (nSPS) is 8.75. The summed E-state index contributed by atoms with van der Waals surface area (Å²) in [6, 6.07) is 4.58. The number of hydrogen-bond acceptors (Lipinski definition) is 3. The summed E-state index contributed by atoms with van der Waals surface area (Å²) in [7, 11) is 0. The number of phenols is 1. The van der Waals surface area contributed by atoms with Gasteiger partial charge in [-0.1, -0.05) is 0 Å². The molecule has 0 aromatic heterocycles. The Morgan fingerprint density at radius 3 is 2.67 bits per heavy atom. The first kappa shape index (κ1) is 10.9. The van der Waals surface area contributed by atoms with Crippen LogP contribution < -0.4 is 5.73 Å². The van der Waals surface area contributed by atoms with Crippen molar-refractivity contribution in [1.82, 2.24) is 0 Å². The van der Waals surface area contributed by atoms with Crippen LogP contribution in [-0.2, 0) is 6.54 Å². The number of carbonyl (C=O) groups is 1. The number of phenolic OH excluding ortho intramolecular Hbond substituents is 1. The first-order chi connectivity index (χ1) is 5.27. The molecule has 0 aliphatic carbocycles. The van der Waals surface area contributed by atoms with E-state index >= 15 is 0 Å². The van der Waals surface area contributed by atoms with Crippen LogP contribution in [0.1, 0.15) is 15.9 Å². The summed E-state index contributed by atoms with van der Waals surface area (Å²) in [4.78, 5) is 10.3. The van der Waals surface area contributed by atoms with E-state index < -0.39 is 0 Å². The molecular formula is C8H10ClNO2. The first-order valence-corrected chi connectivity index (χ1v) is 3.25. The van der Waals surface area contributed by atoms with E-state index in [4.69, 9.17) is 10.8 Å². The van der Waals surface area contributed by atoms with Gasteiger partial charge in [-0.2, -0.15) is 0 Å². The van der Waals surface area contributed by atoms with Gasteiger partial charge in [0.1, 0.15) is 12.0 Å². The largest absolute Gasteiger partial charge is 0.508 e. The summed E-state index contributed by atoms with van der Waals surface area (Å²) < 4.78 is 0. The predicted octanol–water partition coefficient (Wildman–Crippen LogP) is 1.09. The van der Waals surface area contributed by atoms with Crippen LogP contribution in [0.25, 0.3) is 0 Å². The number of rotatable bonds is 2. The van der Waals surface area contributed by atoms with Gasteiger partial charge in [-0.25, -0.2) is 0 Å². The lowest BCUT2D eigenvalue weighted by molar-refractivity contribution is 0.112. The van der Waals surface area contributed by atoms with Crippen molar-refractivity contribution in [2.45, 2.75) is 6.54 Å². The standard InChI is InChI=1S/C8H9NO2.ClH/c9-4-7-3-6(5-10)1-2-8(7)11;/h1-3,5,11H,4,9H2;1H. The molecular weight excluding hydrogens is 178 g/mol. The van der Waals surface area contributed by atoms with E-state index in [9.17, 15) is 4.79 Å². The molecule has 0 heterocycles. The lowest BCUT2D eigenvalue weighted by Gasteiger charge is -2.00. The van der Waals surface area contributed by atoms with Crippen molar-refractivity contribution >= 4 is 18.7 Å². The van der Waals surface area contributed by atoms with Gasteiger partial charge in [-0.3, -0.25) is 4.79 Å². The summed E-state index contributed by atoms with van der Waals surface area (Å²) in [5, 5.41) is 9.13. The average Bonchev–Trinajstić information content (AvgIpc) is 2.05. The third kappa shape index (κ3) is 2.22. The maximum absolute atomic E-state index is 10.3. The molecule has 0 fully saturated rings. The first-order valence-electron chi connectivity index (χ1n) is 3.25. The van der Waals surface area contributed by atoms with E-state index in [0.717, 1.165) is 6.29 Å². The van der Waals surface area contributed by atoms with Gasteiger partial charge >= 0.3 is 0 Å². The molecule has 3 N–H and O–H groups in total. The Labute approximate surface area is 76.6 Å². The number of aldehydes is 1. The molecule has 0 bridgehead atoms. The summed E-state index contributed by atoms with van der Waals surface area (Å²) in [6.45, 7) is 0.244. The smallest absolute Gasteiger partial charge is 0.150 e. The molecule has 66 valence electrons. The molecule has 1 aromatic rings. The monoisotopic (exact) mass is 187 g/mol. The van der Waals surface area contributed by atoms with Gasteiger partial charge in [0.25, 0.3) is 0 Å². The van der Waals surface area contributed by atoms with Crippen molar-refractivity contribution in [3.05, 3.63) is 29.3 Å². The van der Waals surface area contributed by atoms with Crippen LogP contribution in [-0.4, -0.2) is 11.4 Å². The molecule has 4 heteroatoms. The molecule has 1 rings (SSSR count). The second-order valence-electron chi connectivity index (χ2n) is 2.21. The van der Waals surface area contributed by atoms with Crippen LogP contribution in [0.15, 0.2) is 18.2 Å². The van der Waals surface area contributed by atoms with Crippen molar-refractivity contribution in [1.29, 1.82) is 0 Å². The Hall–Kier alpha value is -1.06. The molecule has 0 radical (unpaired) electrons. The molecule has 12 heavy (non-hydrogen) atoms. The summed E-state index contributed by atoms with van der Waals surface area (Å²) in [6.07, 6.45) is 0.721. The molecule has 0 spiro atoms. The van der Waals surface area contributed by atoms with Crippen LogP contribution in [0.2, 0.25) is 0 Å². The highest BCUT2D eigenvalue weighted by Gasteiger charge is 1.98. The predicted molar refractivity (Wildman–Crippen MR) is 48.6 cm³/mol. The van der Waals surface area contributed by atoms with Gasteiger partial charge in [-0.15, -0.1) is 12.4 Å². The van der Waals surface area contributed by atoms with Crippen molar-refractivity contribution in [3.63, 3.8) is 0 Å². The van der Waals surface area contributed by atoms with E-state index in [0.29, 0.717) is 11.1 Å². The van der Waals surface area contributed by atoms with Crippen LogP contribution in [0.4, 0.5) is 0 Å². The number of hydrogen-bond donors (Lipinski definition) is 2. The Balaban J connectivity index is 0.00000121. The third-order valence-electron chi connectivity index (χ3n) is 1.46. The number of benzene rings is 1. The van der Waals surface area contributed by atoms with Gasteiger partial charge in [0.2, 0.25) is 0 Å². The lowest BCUT2D eigenvalue weighted by atomic mass is 10.1. The third-order valence-corrected chi connectivity index (χ3v) is 1.46. The van der Waals surface area contributed by atoms with Crippen LogP contribution >= 0.6 is 12.4 Å². The maximum Gasteiger partial charge on any atom is 0.150 e. The van der Waals surface area contributed by atoms with E-state index in [1.807, 2.05) is 0 Å². The quantitative estimate of drug-likeness (QED) is 0.682. The molecule has 0 aliphatic heterocycles. The van der Waals surface area contributed by atoms with Crippen LogP contribution in [0.3, 0.4) is 0 Å². The van der Waals surface area contributed by atoms with Crippen molar-refractivity contribution in [3.8, 4) is 5.75 Å². The Kier molecular flexibility index (Phi) is 4.33. The minimum Gasteiger partial charge on any atom is -0.508 e. The minimum atomic E-state index is 0. The average molecular weight is 188 g/mol. The number of aromatic hydroxyl groups is 1. The fourth-order valence-corrected chi connectivity index (χ4v) is 0.842. The van der Waals surface area contributed by atoms with Crippen molar-refractivity contribution in [2.75, 3.05) is 0 Å². The van der Waals surface area contributed by atoms with Crippen molar-refractivity contribution in [2.24, 2.45) is 5.73 Å². The second-order valence-corrected chi connectivity index (χ2v) is 2.21. The fraction of sp³-hybridized carbons (Fsp3) is 0.125. The molecule has 0 saturated heterocycles. The lowest BCUT2D eigenvalue weighted by Crippen LogP contribution is -1.97. The SMILES string of the molecule is Cl.NCc1cc(C=O)ccc1O. The number of carbonyl (C=O) groups excluding carboxylic acids is 1. The van der Waals surface area contributed by atoms with Gasteiger partial charge in [0.15, 0.2) is 0 Å². The zero-order chi connectivity index (χ0) is 8.27. The van der Waals surface area contributed by atoms with E-state index in [-0.39, 0.29) is 24.7 Å². The molecule has 1 aromatic carbocycles. The maximum atomic E-state index is 10.3. The zero-order valence-corrected chi connectivity index (χ0v) is 7.17. The molecule has 0 unspecified atom stereocenters. The fourth-order valence-electron chi connectivity index (χ4n) is 0.842. The molecule has 0 saturated carbocycles. The van der Waals surface area contributed by atoms with Gasteiger partial charge < -0.3 is 10.8 Å². The van der Waals surface area contributed by atoms with Crippen LogP contribution in [0, 0.1) is 0 Å². The Bertz CT molecular complexity index is 276. The molecule has 3 nitrogen and oxygen atoms in total. The topological polar surface area (TPSA) is 63.3 Å². The second kappa shape index (κ2) is 4.74. The molecule has 0 atom stereocenters. The number of halogens is 1. The van der Waals surface area contributed by atoms with Gasteiger partial charge in [0, 0.05) is 17.7 Å². The van der Waals surface area contributed by atoms with E-state index in [1.165, 1.54) is 6.07 Å². The van der Waals surface area contributed by atoms with Gasteiger partial charge in [0.05, 0.1) is 0 Å². The molecule has 0 amide bonds. The van der Waals surface area contributed by atoms with E-state index in [2.05, 4.69) is 0 Å². The minimum absolute atomic E-state index is 0. The summed E-state index contributed by atoms with van der Waals surface area (Å²) >= 11 is 0. The zero-order valence-electron chi connectivity index (χ0n) is 6.36. The van der Waals surface area contributed by atoms with Crippen molar-refractivity contribution < 1.29 is 9.90 Å². The number of nitrogens with two attached hydrogens (primary N) is 1. The highest BCUT2D eigenvalue weighted by molar-refractivity contribution is 5.85. The van der Waals surface area contributed by atoms with Crippen LogP contribution in [0.5, 0.6) is 5.75 Å². The highest BCUT2D eigenvalue weighted by Crippen LogP contribution is 2.16. The highest BCUT2D eigenvalue weighted by atomic mass is 35.5. The summed E-state index contributed by atoms with van der Waals surface area (Å²) in [5.74, 6) is 0.137. The Morgan fingerprint density at radius 2 is 2.17 bits per heavy atom. The van der Waals surface area contributed by atoms with Gasteiger partial charge in [-0.05, 0) is 18.2 Å². The Morgan fingerprint density at radius 1 is 1.50 bits per heavy atom. The molecule has 0 aliphatic rings. The van der Waals surface area contributed by atoms with E-state index in [1.54, 1.807) is 12.1 Å².